The van der Waals surface area contributed by atoms with Crippen LogP contribution in [0.4, 0.5) is 0 Å². The van der Waals surface area contributed by atoms with Crippen LogP contribution in [0.1, 0.15) is 28.7 Å². The van der Waals surface area contributed by atoms with E-state index in [0.717, 1.165) is 0 Å². The number of nitrogens with zero attached hydrogens (tertiary/aromatic N) is 1. The van der Waals surface area contributed by atoms with Crippen molar-refractivity contribution in [3.05, 3.63) is 34.4 Å². The molecule has 1 atom stereocenters. The van der Waals surface area contributed by atoms with Crippen LogP contribution >= 0.6 is 0 Å². The van der Waals surface area contributed by atoms with Crippen LogP contribution in [0.2, 0.25) is 0 Å². The van der Waals surface area contributed by atoms with Gasteiger partial charge in [-0.15, -0.1) is 0 Å². The highest BCUT2D eigenvalue weighted by Gasteiger charge is 2.32. The van der Waals surface area contributed by atoms with Gasteiger partial charge < -0.3 is 5.11 Å². The lowest BCUT2D eigenvalue weighted by Gasteiger charge is -2.28. The average Bonchev–Trinajstić information content (AvgIpc) is 2.75. The van der Waals surface area contributed by atoms with Gasteiger partial charge in [-0.1, -0.05) is 12.1 Å². The van der Waals surface area contributed by atoms with E-state index in [9.17, 15) is 13.5 Å². The highest BCUT2D eigenvalue weighted by Crippen LogP contribution is 2.22. The summed E-state index contributed by atoms with van der Waals surface area (Å²) in [5, 5.41) is 9.28. The van der Waals surface area contributed by atoms with Gasteiger partial charge in [-0.3, -0.25) is 4.90 Å². The third kappa shape index (κ3) is 4.05. The minimum absolute atomic E-state index is 0.0307. The Morgan fingerprint density at radius 3 is 2.43 bits per heavy atom. The fraction of sp³-hybridized carbons (Fsp3) is 0.625. The van der Waals surface area contributed by atoms with Crippen molar-refractivity contribution in [2.24, 2.45) is 0 Å². The zero-order valence-corrected chi connectivity index (χ0v) is 13.9. The van der Waals surface area contributed by atoms with Crippen molar-refractivity contribution in [2.45, 2.75) is 39.8 Å². The minimum atomic E-state index is -2.90. The molecule has 1 fully saturated rings. The van der Waals surface area contributed by atoms with Gasteiger partial charge in [0.2, 0.25) is 0 Å². The quantitative estimate of drug-likeness (QED) is 0.897. The van der Waals surface area contributed by atoms with Gasteiger partial charge in [0.05, 0.1) is 18.1 Å². The second-order valence-corrected chi connectivity index (χ2v) is 8.34. The number of aliphatic hydroxyl groups is 1. The van der Waals surface area contributed by atoms with E-state index < -0.39 is 9.84 Å². The van der Waals surface area contributed by atoms with Crippen molar-refractivity contribution >= 4 is 9.84 Å². The van der Waals surface area contributed by atoms with Crippen LogP contribution in [-0.2, 0) is 16.4 Å². The lowest BCUT2D eigenvalue weighted by Crippen LogP contribution is -2.38. The number of aliphatic hydroxyl groups excluding tert-OH is 1. The summed E-state index contributed by atoms with van der Waals surface area (Å²) < 4.78 is 23.4. The normalized spacial score (nSPS) is 21.1. The van der Waals surface area contributed by atoms with E-state index in [1.54, 1.807) is 0 Å². The van der Waals surface area contributed by atoms with Crippen molar-refractivity contribution in [2.75, 3.05) is 24.7 Å². The van der Waals surface area contributed by atoms with E-state index in [0.29, 0.717) is 19.5 Å². The van der Waals surface area contributed by atoms with Gasteiger partial charge in [0.15, 0.2) is 9.84 Å². The van der Waals surface area contributed by atoms with Crippen LogP contribution in [0.3, 0.4) is 0 Å². The first kappa shape index (κ1) is 16.5. The summed E-state index contributed by atoms with van der Waals surface area (Å²) in [4.78, 5) is 2.11. The number of hydrogen-bond acceptors (Lipinski definition) is 4. The maximum atomic E-state index is 11.7. The SMILES string of the molecule is Cc1cc(C)c(CN(CCO)C2CCS(=O)(=O)C2)cc1C. The predicted octanol–water partition coefficient (Wildman–Crippen LogP) is 1.59. The van der Waals surface area contributed by atoms with Gasteiger partial charge in [-0.05, 0) is 49.4 Å². The van der Waals surface area contributed by atoms with Crippen LogP contribution in [0.5, 0.6) is 0 Å². The Kier molecular flexibility index (Phi) is 5.07. The predicted molar refractivity (Wildman–Crippen MR) is 85.2 cm³/mol. The van der Waals surface area contributed by atoms with Gasteiger partial charge in [0.25, 0.3) is 0 Å². The van der Waals surface area contributed by atoms with Crippen LogP contribution in [0.15, 0.2) is 12.1 Å². The van der Waals surface area contributed by atoms with Gasteiger partial charge in [0, 0.05) is 19.1 Å². The Bertz CT molecular complexity index is 610. The molecule has 1 unspecified atom stereocenters. The number of rotatable bonds is 5. The van der Waals surface area contributed by atoms with Crippen LogP contribution in [0.25, 0.3) is 0 Å². The van der Waals surface area contributed by atoms with E-state index >= 15 is 0 Å². The van der Waals surface area contributed by atoms with Gasteiger partial charge >= 0.3 is 0 Å². The average molecular weight is 311 g/mol. The third-order valence-corrected chi connectivity index (χ3v) is 6.19. The zero-order valence-electron chi connectivity index (χ0n) is 13.1. The molecule has 1 saturated heterocycles. The largest absolute Gasteiger partial charge is 0.395 e. The van der Waals surface area contributed by atoms with Crippen LogP contribution < -0.4 is 0 Å². The van der Waals surface area contributed by atoms with E-state index in [1.807, 2.05) is 0 Å². The molecule has 1 aliphatic rings. The first-order valence-electron chi connectivity index (χ1n) is 7.44. The molecule has 0 aromatic heterocycles. The van der Waals surface area contributed by atoms with Crippen molar-refractivity contribution < 1.29 is 13.5 Å². The van der Waals surface area contributed by atoms with Crippen molar-refractivity contribution in [1.82, 2.24) is 4.90 Å². The second kappa shape index (κ2) is 6.46. The van der Waals surface area contributed by atoms with E-state index in [-0.39, 0.29) is 24.2 Å². The van der Waals surface area contributed by atoms with Crippen LogP contribution in [0, 0.1) is 20.8 Å². The summed E-state index contributed by atoms with van der Waals surface area (Å²) >= 11 is 0. The maximum absolute atomic E-state index is 11.7. The number of aryl methyl sites for hydroxylation is 3. The Morgan fingerprint density at radius 2 is 1.86 bits per heavy atom. The van der Waals surface area contributed by atoms with Gasteiger partial charge in [-0.25, -0.2) is 8.42 Å². The molecule has 21 heavy (non-hydrogen) atoms. The number of hydrogen-bond donors (Lipinski definition) is 1. The molecule has 1 aliphatic heterocycles. The monoisotopic (exact) mass is 311 g/mol. The molecule has 0 bridgehead atoms. The first-order valence-corrected chi connectivity index (χ1v) is 9.26. The fourth-order valence-electron chi connectivity index (χ4n) is 2.99. The maximum Gasteiger partial charge on any atom is 0.151 e. The molecule has 1 aromatic rings. The molecule has 0 aliphatic carbocycles. The van der Waals surface area contributed by atoms with Gasteiger partial charge in [-0.2, -0.15) is 0 Å². The third-order valence-electron chi connectivity index (χ3n) is 4.44. The molecule has 0 amide bonds. The minimum Gasteiger partial charge on any atom is -0.395 e. The zero-order chi connectivity index (χ0) is 15.6. The molecule has 0 saturated carbocycles. The highest BCUT2D eigenvalue weighted by molar-refractivity contribution is 7.91. The summed E-state index contributed by atoms with van der Waals surface area (Å²) in [6.45, 7) is 7.56. The van der Waals surface area contributed by atoms with Crippen molar-refractivity contribution in [1.29, 1.82) is 0 Å². The standard InChI is InChI=1S/C16H25NO3S/c1-12-8-14(3)15(9-13(12)2)10-17(5-6-18)16-4-7-21(19,20)11-16/h8-9,16,18H,4-7,10-11H2,1-3H3. The van der Waals surface area contributed by atoms with Gasteiger partial charge in [0.1, 0.15) is 0 Å². The molecular weight excluding hydrogens is 286 g/mol. The Labute approximate surface area is 127 Å². The van der Waals surface area contributed by atoms with Crippen molar-refractivity contribution in [3.63, 3.8) is 0 Å². The fourth-order valence-corrected chi connectivity index (χ4v) is 4.75. The van der Waals surface area contributed by atoms with Crippen LogP contribution in [-0.4, -0.2) is 49.1 Å². The lowest BCUT2D eigenvalue weighted by molar-refractivity contribution is 0.153. The van der Waals surface area contributed by atoms with E-state index in [4.69, 9.17) is 0 Å². The Balaban J connectivity index is 2.19. The van der Waals surface area contributed by atoms with E-state index in [2.05, 4.69) is 37.8 Å². The number of benzene rings is 1. The molecule has 5 heteroatoms. The molecular formula is C16H25NO3S. The highest BCUT2D eigenvalue weighted by atomic mass is 32.2. The van der Waals surface area contributed by atoms with Crippen molar-refractivity contribution in [3.8, 4) is 0 Å². The van der Waals surface area contributed by atoms with E-state index in [1.165, 1.54) is 22.3 Å². The topological polar surface area (TPSA) is 57.6 Å². The number of sulfone groups is 1. The first-order chi connectivity index (χ1) is 9.82. The molecule has 1 aromatic carbocycles. The molecule has 118 valence electrons. The smallest absolute Gasteiger partial charge is 0.151 e. The molecule has 1 N–H and O–H groups in total. The summed E-state index contributed by atoms with van der Waals surface area (Å²) in [5.41, 5.74) is 4.96. The summed E-state index contributed by atoms with van der Waals surface area (Å²) in [7, 11) is -2.90. The molecule has 1 heterocycles. The molecule has 4 nitrogen and oxygen atoms in total. The Hall–Kier alpha value is -0.910. The summed E-state index contributed by atoms with van der Waals surface area (Å²) in [6, 6.07) is 4.38. The summed E-state index contributed by atoms with van der Waals surface area (Å²) in [6.07, 6.45) is 0.673. The Morgan fingerprint density at radius 1 is 1.19 bits per heavy atom. The second-order valence-electron chi connectivity index (χ2n) is 6.11. The molecule has 0 spiro atoms. The summed E-state index contributed by atoms with van der Waals surface area (Å²) in [5.74, 6) is 0.488. The lowest BCUT2D eigenvalue weighted by atomic mass is 10.00. The molecule has 0 radical (unpaired) electrons. The molecule has 2 rings (SSSR count).